The predicted molar refractivity (Wildman–Crippen MR) is 160 cm³/mol. The van der Waals surface area contributed by atoms with Crippen molar-refractivity contribution in [1.82, 2.24) is 14.9 Å². The number of hydrogen-bond acceptors (Lipinski definition) is 8. The van der Waals surface area contributed by atoms with E-state index < -0.39 is 14.8 Å². The van der Waals surface area contributed by atoms with Gasteiger partial charge in [-0.25, -0.2) is 13.4 Å². The Morgan fingerprint density at radius 2 is 1.62 bits per heavy atom. The summed E-state index contributed by atoms with van der Waals surface area (Å²) in [6.45, 7) is 9.11. The number of aromatic nitrogens is 2. The Balaban J connectivity index is 1.58. The quantitative estimate of drug-likeness (QED) is 0.456. The van der Waals surface area contributed by atoms with Gasteiger partial charge in [-0.05, 0) is 96.0 Å². The molecule has 0 bridgehead atoms. The number of likely N-dealkylation sites (N-methyl/N-ethyl adjacent to an activating group) is 1. The highest BCUT2D eigenvalue weighted by molar-refractivity contribution is 7.94. The molecule has 10 heteroatoms. The van der Waals surface area contributed by atoms with Crippen LogP contribution in [0.15, 0.2) is 48.5 Å². The van der Waals surface area contributed by atoms with E-state index in [2.05, 4.69) is 55.7 Å². The lowest BCUT2D eigenvalue weighted by Crippen LogP contribution is -2.44. The second-order valence-electron chi connectivity index (χ2n) is 11.4. The van der Waals surface area contributed by atoms with Gasteiger partial charge in [-0.3, -0.25) is 9.62 Å². The third-order valence-electron chi connectivity index (χ3n) is 7.53. The van der Waals surface area contributed by atoms with Crippen LogP contribution in [0.2, 0.25) is 0 Å². The van der Waals surface area contributed by atoms with Crippen LogP contribution in [0.4, 0.5) is 34.5 Å². The van der Waals surface area contributed by atoms with Crippen LogP contribution in [0.1, 0.15) is 44.9 Å². The molecule has 1 aliphatic carbocycles. The normalized spacial score (nSPS) is 16.6. The second kappa shape index (κ2) is 10.7. The van der Waals surface area contributed by atoms with Crippen LogP contribution in [0.3, 0.4) is 0 Å². The summed E-state index contributed by atoms with van der Waals surface area (Å²) in [5, 5.41) is 0. The number of sulfonamides is 1. The van der Waals surface area contributed by atoms with E-state index >= 15 is 0 Å². The first kappa shape index (κ1) is 27.2. The van der Waals surface area contributed by atoms with E-state index in [1.54, 1.807) is 26.8 Å². The number of benzene rings is 2. The highest BCUT2D eigenvalue weighted by Gasteiger charge is 2.29. The third kappa shape index (κ3) is 5.81. The second-order valence-corrected chi connectivity index (χ2v) is 13.9. The zero-order valence-electron chi connectivity index (χ0n) is 23.3. The van der Waals surface area contributed by atoms with Crippen molar-refractivity contribution in [3.05, 3.63) is 59.8 Å². The Morgan fingerprint density at radius 1 is 0.923 bits per heavy atom. The van der Waals surface area contributed by atoms with E-state index in [1.807, 2.05) is 18.2 Å². The van der Waals surface area contributed by atoms with Crippen LogP contribution in [-0.2, 0) is 22.9 Å². The molecule has 0 amide bonds. The average molecular weight is 550 g/mol. The molecule has 1 aromatic heterocycles. The minimum atomic E-state index is -3.59. The average Bonchev–Trinajstić information content (AvgIpc) is 2.89. The zero-order valence-corrected chi connectivity index (χ0v) is 24.1. The molecule has 9 nitrogen and oxygen atoms in total. The molecule has 0 spiro atoms. The van der Waals surface area contributed by atoms with E-state index in [1.165, 1.54) is 5.69 Å². The van der Waals surface area contributed by atoms with E-state index in [-0.39, 0.29) is 5.95 Å². The molecule has 3 aromatic rings. The molecular weight excluding hydrogens is 510 g/mol. The number of nitrogens with two attached hydrogens (primary N) is 1. The van der Waals surface area contributed by atoms with Gasteiger partial charge in [0.1, 0.15) is 5.82 Å². The Kier molecular flexibility index (Phi) is 7.43. The maximum absolute atomic E-state index is 12.9. The number of aryl methyl sites for hydroxylation is 1. The van der Waals surface area contributed by atoms with Gasteiger partial charge >= 0.3 is 0 Å². The molecule has 1 saturated heterocycles. The van der Waals surface area contributed by atoms with Crippen molar-refractivity contribution in [3.8, 4) is 0 Å². The highest BCUT2D eigenvalue weighted by Crippen LogP contribution is 2.40. The molecule has 2 aromatic carbocycles. The fourth-order valence-corrected chi connectivity index (χ4v) is 5.81. The van der Waals surface area contributed by atoms with Crippen molar-refractivity contribution in [2.24, 2.45) is 0 Å². The molecule has 0 radical (unpaired) electrons. The van der Waals surface area contributed by atoms with Crippen LogP contribution < -0.4 is 20.3 Å². The number of nitrogens with zero attached hydrogens (tertiary/aromatic N) is 5. The molecule has 2 aliphatic rings. The first-order valence-corrected chi connectivity index (χ1v) is 15.1. The summed E-state index contributed by atoms with van der Waals surface area (Å²) in [6, 6.07) is 16.0. The van der Waals surface area contributed by atoms with E-state index in [9.17, 15) is 8.42 Å². The SMILES string of the molecule is CN1CCN(c2ccc(N(c3cccc(NS(=O)(=O)C(C)(C)C)c3)c3nc(N)nc4c3CCCC4)cc2)CC1. The first-order chi connectivity index (χ1) is 18.5. The van der Waals surface area contributed by atoms with Gasteiger partial charge in [-0.15, -0.1) is 0 Å². The van der Waals surface area contributed by atoms with E-state index in [0.29, 0.717) is 5.69 Å². The smallest absolute Gasteiger partial charge is 0.237 e. The molecular formula is C29H39N7O2S. The van der Waals surface area contributed by atoms with Gasteiger partial charge in [-0.1, -0.05) is 6.07 Å². The summed E-state index contributed by atoms with van der Waals surface area (Å²) in [6.07, 6.45) is 3.88. The van der Waals surface area contributed by atoms with Gasteiger partial charge in [0.05, 0.1) is 16.1 Å². The Labute approximate surface area is 232 Å². The Morgan fingerprint density at radius 3 is 2.31 bits per heavy atom. The van der Waals surface area contributed by atoms with Crippen molar-refractivity contribution >= 4 is 44.5 Å². The molecule has 3 N–H and O–H groups in total. The van der Waals surface area contributed by atoms with Gasteiger partial charge in [0.2, 0.25) is 16.0 Å². The number of hydrogen-bond donors (Lipinski definition) is 2. The predicted octanol–water partition coefficient (Wildman–Crippen LogP) is 4.70. The molecule has 39 heavy (non-hydrogen) atoms. The standard InChI is InChI=1S/C29H39N7O2S/c1-29(2,3)39(37,38)33-21-8-7-9-24(20-21)36(27-25-10-5-6-11-26(25)31-28(30)32-27)23-14-12-22(13-15-23)35-18-16-34(4)17-19-35/h7-9,12-15,20,33H,5-6,10-11,16-19H2,1-4H3,(H2,30,31,32). The van der Waals surface area contributed by atoms with Gasteiger partial charge in [0.15, 0.2) is 0 Å². The third-order valence-corrected chi connectivity index (χ3v) is 9.65. The van der Waals surface area contributed by atoms with Gasteiger partial charge in [-0.2, -0.15) is 4.98 Å². The molecule has 2 heterocycles. The molecule has 0 atom stereocenters. The lowest BCUT2D eigenvalue weighted by atomic mass is 9.96. The maximum atomic E-state index is 12.9. The van der Waals surface area contributed by atoms with Crippen LogP contribution in [0.5, 0.6) is 0 Å². The minimum Gasteiger partial charge on any atom is -0.369 e. The van der Waals surface area contributed by atoms with Crippen LogP contribution in [0, 0.1) is 0 Å². The van der Waals surface area contributed by atoms with Crippen molar-refractivity contribution in [1.29, 1.82) is 0 Å². The molecule has 0 unspecified atom stereocenters. The number of fused-ring (bicyclic) bond motifs is 1. The van der Waals surface area contributed by atoms with Gasteiger partial charge in [0.25, 0.3) is 0 Å². The Hall–Kier alpha value is -3.37. The Bertz CT molecular complexity index is 1430. The lowest BCUT2D eigenvalue weighted by molar-refractivity contribution is 0.313. The van der Waals surface area contributed by atoms with Crippen LogP contribution in [0.25, 0.3) is 0 Å². The van der Waals surface area contributed by atoms with Crippen molar-refractivity contribution in [2.75, 3.05) is 53.5 Å². The minimum absolute atomic E-state index is 0.245. The summed E-state index contributed by atoms with van der Waals surface area (Å²) in [5.41, 5.74) is 11.7. The highest BCUT2D eigenvalue weighted by atomic mass is 32.2. The summed E-state index contributed by atoms with van der Waals surface area (Å²) in [7, 11) is -1.43. The number of nitrogens with one attached hydrogen (secondary N) is 1. The summed E-state index contributed by atoms with van der Waals surface area (Å²) in [4.78, 5) is 16.1. The largest absolute Gasteiger partial charge is 0.369 e. The summed E-state index contributed by atoms with van der Waals surface area (Å²) >= 11 is 0. The van der Waals surface area contributed by atoms with Crippen LogP contribution >= 0.6 is 0 Å². The fraction of sp³-hybridized carbons (Fsp3) is 0.448. The zero-order chi connectivity index (χ0) is 27.8. The topological polar surface area (TPSA) is 108 Å². The number of anilines is 6. The van der Waals surface area contributed by atoms with Crippen molar-refractivity contribution < 1.29 is 8.42 Å². The lowest BCUT2D eigenvalue weighted by Gasteiger charge is -2.34. The number of piperazine rings is 1. The fourth-order valence-electron chi connectivity index (χ4n) is 5.07. The van der Waals surface area contributed by atoms with Crippen LogP contribution in [-0.4, -0.2) is 61.3 Å². The maximum Gasteiger partial charge on any atom is 0.237 e. The number of rotatable bonds is 6. The molecule has 5 rings (SSSR count). The summed E-state index contributed by atoms with van der Waals surface area (Å²) < 4.78 is 27.7. The summed E-state index contributed by atoms with van der Waals surface area (Å²) in [5.74, 6) is 0.995. The molecule has 1 aliphatic heterocycles. The number of nitrogen functional groups attached to an aromatic ring is 1. The molecule has 1 fully saturated rings. The van der Waals surface area contributed by atoms with E-state index in [4.69, 9.17) is 10.7 Å². The first-order valence-electron chi connectivity index (χ1n) is 13.6. The molecule has 208 valence electrons. The van der Waals surface area contributed by atoms with Crippen molar-refractivity contribution in [2.45, 2.75) is 51.2 Å². The van der Waals surface area contributed by atoms with Gasteiger partial charge in [0, 0.05) is 48.8 Å². The van der Waals surface area contributed by atoms with E-state index in [0.717, 1.165) is 80.3 Å². The van der Waals surface area contributed by atoms with Crippen molar-refractivity contribution in [3.63, 3.8) is 0 Å². The molecule has 0 saturated carbocycles. The monoisotopic (exact) mass is 549 g/mol. The van der Waals surface area contributed by atoms with Gasteiger partial charge < -0.3 is 15.5 Å².